The van der Waals surface area contributed by atoms with Gasteiger partial charge in [0.25, 0.3) is 0 Å². The highest BCUT2D eigenvalue weighted by Gasteiger charge is 2.31. The molecule has 2 rings (SSSR count). The van der Waals surface area contributed by atoms with Crippen LogP contribution in [0.25, 0.3) is 0 Å². The van der Waals surface area contributed by atoms with Gasteiger partial charge in [0.15, 0.2) is 0 Å². The van der Waals surface area contributed by atoms with Crippen molar-refractivity contribution in [2.75, 3.05) is 33.3 Å². The van der Waals surface area contributed by atoms with Gasteiger partial charge in [-0.15, -0.1) is 0 Å². The highest BCUT2D eigenvalue weighted by Crippen LogP contribution is 2.27. The molecule has 18 heavy (non-hydrogen) atoms. The van der Waals surface area contributed by atoms with Crippen LogP contribution in [-0.4, -0.2) is 61.0 Å². The Morgan fingerprint density at radius 2 is 1.78 bits per heavy atom. The number of hydrogen-bond acceptors (Lipinski definition) is 4. The van der Waals surface area contributed by atoms with E-state index in [0.29, 0.717) is 19.3 Å². The third-order valence-corrected chi connectivity index (χ3v) is 3.73. The molecule has 1 heterocycles. The van der Waals surface area contributed by atoms with Gasteiger partial charge in [-0.25, -0.2) is 0 Å². The molecular formula is C13H22N2O3. The second-order valence-electron chi connectivity index (χ2n) is 5.08. The lowest BCUT2D eigenvalue weighted by Crippen LogP contribution is -2.49. The standard InChI is InChI=1S/C13H22N2O3/c1-18-13(17)4-2-3-12(16)15-9-7-14(8-10-15)11-5-6-11/h11H,2-10H2,1H3. The first-order valence-corrected chi connectivity index (χ1v) is 6.79. The first-order valence-electron chi connectivity index (χ1n) is 6.79. The van der Waals surface area contributed by atoms with Crippen LogP contribution in [0.15, 0.2) is 0 Å². The van der Waals surface area contributed by atoms with Crippen molar-refractivity contribution < 1.29 is 14.3 Å². The molecule has 0 bridgehead atoms. The molecule has 2 fully saturated rings. The van der Waals surface area contributed by atoms with Crippen molar-refractivity contribution in [3.05, 3.63) is 0 Å². The Morgan fingerprint density at radius 3 is 2.33 bits per heavy atom. The zero-order valence-corrected chi connectivity index (χ0v) is 11.1. The fourth-order valence-corrected chi connectivity index (χ4v) is 2.42. The summed E-state index contributed by atoms with van der Waals surface area (Å²) in [6.45, 7) is 3.70. The van der Waals surface area contributed by atoms with Gasteiger partial charge in [-0.05, 0) is 19.3 Å². The molecule has 0 aromatic heterocycles. The monoisotopic (exact) mass is 254 g/mol. The average Bonchev–Trinajstić information content (AvgIpc) is 3.23. The van der Waals surface area contributed by atoms with Gasteiger partial charge in [-0.3, -0.25) is 14.5 Å². The Hall–Kier alpha value is -1.10. The largest absolute Gasteiger partial charge is 0.469 e. The molecule has 0 N–H and O–H groups in total. The van der Waals surface area contributed by atoms with Gasteiger partial charge in [0.05, 0.1) is 7.11 Å². The minimum atomic E-state index is -0.235. The number of nitrogens with zero attached hydrogens (tertiary/aromatic N) is 2. The number of carbonyl (C=O) groups excluding carboxylic acids is 2. The quantitative estimate of drug-likeness (QED) is 0.675. The molecular weight excluding hydrogens is 232 g/mol. The van der Waals surface area contributed by atoms with E-state index in [1.807, 2.05) is 4.90 Å². The van der Waals surface area contributed by atoms with Gasteiger partial charge in [-0.2, -0.15) is 0 Å². The second kappa shape index (κ2) is 6.18. The smallest absolute Gasteiger partial charge is 0.305 e. The topological polar surface area (TPSA) is 49.9 Å². The van der Waals surface area contributed by atoms with Crippen molar-refractivity contribution in [3.63, 3.8) is 0 Å². The van der Waals surface area contributed by atoms with Crippen LogP contribution in [0.2, 0.25) is 0 Å². The van der Waals surface area contributed by atoms with Crippen molar-refractivity contribution in [1.29, 1.82) is 0 Å². The molecule has 0 spiro atoms. The highest BCUT2D eigenvalue weighted by molar-refractivity contribution is 5.77. The van der Waals surface area contributed by atoms with Crippen molar-refractivity contribution in [2.24, 2.45) is 0 Å². The SMILES string of the molecule is COC(=O)CCCC(=O)N1CCN(C2CC2)CC1. The van der Waals surface area contributed by atoms with Gasteiger partial charge in [0, 0.05) is 45.1 Å². The average molecular weight is 254 g/mol. The van der Waals surface area contributed by atoms with Crippen LogP contribution in [0.1, 0.15) is 32.1 Å². The lowest BCUT2D eigenvalue weighted by atomic mass is 10.2. The van der Waals surface area contributed by atoms with Crippen molar-refractivity contribution in [3.8, 4) is 0 Å². The number of methoxy groups -OCH3 is 1. The Balaban J connectivity index is 1.62. The number of rotatable bonds is 5. The van der Waals surface area contributed by atoms with E-state index in [1.165, 1.54) is 20.0 Å². The van der Waals surface area contributed by atoms with E-state index < -0.39 is 0 Å². The maximum absolute atomic E-state index is 11.9. The first-order chi connectivity index (χ1) is 8.70. The Kier molecular flexibility index (Phi) is 4.58. The molecule has 1 aliphatic carbocycles. The number of piperazine rings is 1. The molecule has 5 heteroatoms. The van der Waals surface area contributed by atoms with Gasteiger partial charge in [-0.1, -0.05) is 0 Å². The minimum Gasteiger partial charge on any atom is -0.469 e. The molecule has 1 saturated heterocycles. The van der Waals surface area contributed by atoms with Gasteiger partial charge >= 0.3 is 5.97 Å². The molecule has 0 aromatic rings. The van der Waals surface area contributed by atoms with Gasteiger partial charge in [0.2, 0.25) is 5.91 Å². The summed E-state index contributed by atoms with van der Waals surface area (Å²) in [5.74, 6) is -0.0595. The van der Waals surface area contributed by atoms with E-state index in [2.05, 4.69) is 9.64 Å². The van der Waals surface area contributed by atoms with Crippen molar-refractivity contribution in [2.45, 2.75) is 38.1 Å². The molecule has 1 amide bonds. The van der Waals surface area contributed by atoms with Crippen LogP contribution in [-0.2, 0) is 14.3 Å². The van der Waals surface area contributed by atoms with Crippen LogP contribution in [0.5, 0.6) is 0 Å². The Morgan fingerprint density at radius 1 is 1.11 bits per heavy atom. The fourth-order valence-electron chi connectivity index (χ4n) is 2.42. The van der Waals surface area contributed by atoms with Crippen molar-refractivity contribution in [1.82, 2.24) is 9.80 Å². The molecule has 0 atom stereocenters. The lowest BCUT2D eigenvalue weighted by Gasteiger charge is -2.34. The number of amides is 1. The third kappa shape index (κ3) is 3.70. The summed E-state index contributed by atoms with van der Waals surface area (Å²) < 4.78 is 4.55. The molecule has 0 radical (unpaired) electrons. The molecule has 0 aromatic carbocycles. The molecule has 0 unspecified atom stereocenters. The molecule has 102 valence electrons. The Bertz CT molecular complexity index is 307. The summed E-state index contributed by atoms with van der Waals surface area (Å²) in [4.78, 5) is 27.3. The van der Waals surface area contributed by atoms with E-state index in [4.69, 9.17) is 0 Å². The molecule has 5 nitrogen and oxygen atoms in total. The predicted molar refractivity (Wildman–Crippen MR) is 67.0 cm³/mol. The van der Waals surface area contributed by atoms with Crippen LogP contribution in [0, 0.1) is 0 Å². The number of carbonyl (C=O) groups is 2. The maximum atomic E-state index is 11.9. The predicted octanol–water partition coefficient (Wildman–Crippen LogP) is 0.636. The van der Waals surface area contributed by atoms with Crippen LogP contribution in [0.4, 0.5) is 0 Å². The number of esters is 1. The zero-order chi connectivity index (χ0) is 13.0. The molecule has 1 saturated carbocycles. The zero-order valence-electron chi connectivity index (χ0n) is 11.1. The Labute approximate surface area is 108 Å². The summed E-state index contributed by atoms with van der Waals surface area (Å²) in [5.41, 5.74) is 0. The highest BCUT2D eigenvalue weighted by atomic mass is 16.5. The summed E-state index contributed by atoms with van der Waals surface area (Å²) in [7, 11) is 1.38. The lowest BCUT2D eigenvalue weighted by molar-refractivity contribution is -0.141. The van der Waals surface area contributed by atoms with Gasteiger partial charge < -0.3 is 9.64 Å². The van der Waals surface area contributed by atoms with Crippen LogP contribution >= 0.6 is 0 Å². The minimum absolute atomic E-state index is 0.175. The normalized spacial score (nSPS) is 20.8. The van der Waals surface area contributed by atoms with E-state index in [0.717, 1.165) is 32.2 Å². The first kappa shape index (κ1) is 13.3. The van der Waals surface area contributed by atoms with E-state index in [-0.39, 0.29) is 11.9 Å². The summed E-state index contributed by atoms with van der Waals surface area (Å²) in [5, 5.41) is 0. The molecule has 1 aliphatic heterocycles. The number of hydrogen-bond donors (Lipinski definition) is 0. The summed E-state index contributed by atoms with van der Waals surface area (Å²) in [6.07, 6.45) is 4.04. The van der Waals surface area contributed by atoms with Crippen molar-refractivity contribution >= 4 is 11.9 Å². The van der Waals surface area contributed by atoms with E-state index >= 15 is 0 Å². The van der Waals surface area contributed by atoms with E-state index in [9.17, 15) is 9.59 Å². The summed E-state index contributed by atoms with van der Waals surface area (Å²) in [6, 6.07) is 0.793. The van der Waals surface area contributed by atoms with E-state index in [1.54, 1.807) is 0 Å². The van der Waals surface area contributed by atoms with Gasteiger partial charge in [0.1, 0.15) is 0 Å². The molecule has 2 aliphatic rings. The number of ether oxygens (including phenoxy) is 1. The second-order valence-corrected chi connectivity index (χ2v) is 5.08. The fraction of sp³-hybridized carbons (Fsp3) is 0.846. The summed E-state index contributed by atoms with van der Waals surface area (Å²) >= 11 is 0. The van der Waals surface area contributed by atoms with Crippen LogP contribution < -0.4 is 0 Å². The van der Waals surface area contributed by atoms with Crippen LogP contribution in [0.3, 0.4) is 0 Å². The third-order valence-electron chi connectivity index (χ3n) is 3.73. The maximum Gasteiger partial charge on any atom is 0.305 e.